The number of hydrogen-bond acceptors (Lipinski definition) is 5. The van der Waals surface area contributed by atoms with Crippen LogP contribution in [-0.4, -0.2) is 28.5 Å². The van der Waals surface area contributed by atoms with Crippen molar-refractivity contribution in [2.45, 2.75) is 13.5 Å². The molecule has 1 heterocycles. The number of nitriles is 1. The second-order valence-corrected chi connectivity index (χ2v) is 7.09. The van der Waals surface area contributed by atoms with E-state index in [1.54, 1.807) is 48.0 Å². The fraction of sp³-hybridized carbons (Fsp3) is 0.143. The van der Waals surface area contributed by atoms with E-state index in [-0.39, 0.29) is 6.61 Å². The fourth-order valence-electron chi connectivity index (χ4n) is 2.56. The summed E-state index contributed by atoms with van der Waals surface area (Å²) < 4.78 is 7.00. The van der Waals surface area contributed by atoms with Crippen molar-refractivity contribution in [1.29, 1.82) is 5.26 Å². The molecule has 0 saturated heterocycles. The molecule has 0 aliphatic carbocycles. The zero-order chi connectivity index (χ0) is 21.5. The van der Waals surface area contributed by atoms with Gasteiger partial charge in [-0.2, -0.15) is 15.5 Å². The minimum atomic E-state index is -0.432. The standard InChI is InChI=1S/C21H17Cl2N5O2/c1-14-19(21(23)28(27-14)12-16-2-6-17(22)7-3-16)11-25-26-20(29)13-30-18-8-4-15(10-24)5-9-18/h2-9,11H,12-13H2,1H3,(H,26,29)/b25-11+. The lowest BCUT2D eigenvalue weighted by Crippen LogP contribution is -2.24. The summed E-state index contributed by atoms with van der Waals surface area (Å²) in [6, 6.07) is 15.9. The van der Waals surface area contributed by atoms with Gasteiger partial charge >= 0.3 is 0 Å². The maximum atomic E-state index is 11.9. The van der Waals surface area contributed by atoms with Gasteiger partial charge in [-0.1, -0.05) is 35.3 Å². The number of amides is 1. The monoisotopic (exact) mass is 441 g/mol. The van der Waals surface area contributed by atoms with Gasteiger partial charge in [-0.15, -0.1) is 0 Å². The normalized spacial score (nSPS) is 10.7. The third-order valence-corrected chi connectivity index (χ3v) is 4.74. The van der Waals surface area contributed by atoms with Crippen molar-refractivity contribution in [3.8, 4) is 11.8 Å². The highest BCUT2D eigenvalue weighted by Crippen LogP contribution is 2.20. The Morgan fingerprint density at radius 1 is 1.23 bits per heavy atom. The highest BCUT2D eigenvalue weighted by atomic mass is 35.5. The number of benzene rings is 2. The molecule has 9 heteroatoms. The van der Waals surface area contributed by atoms with Gasteiger partial charge in [0.05, 0.1) is 35.6 Å². The lowest BCUT2D eigenvalue weighted by Gasteiger charge is -2.05. The number of carbonyl (C=O) groups is 1. The molecule has 0 unspecified atom stereocenters. The molecular weight excluding hydrogens is 425 g/mol. The molecule has 0 bridgehead atoms. The van der Waals surface area contributed by atoms with Crippen LogP contribution in [0.2, 0.25) is 10.2 Å². The minimum absolute atomic E-state index is 0.216. The Labute approximate surface area is 183 Å². The van der Waals surface area contributed by atoms with Crippen LogP contribution in [0.15, 0.2) is 53.6 Å². The molecule has 0 fully saturated rings. The van der Waals surface area contributed by atoms with Crippen LogP contribution < -0.4 is 10.2 Å². The number of aryl methyl sites for hydroxylation is 1. The van der Waals surface area contributed by atoms with Crippen LogP contribution in [0.1, 0.15) is 22.4 Å². The molecule has 2 aromatic carbocycles. The minimum Gasteiger partial charge on any atom is -0.484 e. The molecule has 3 rings (SSSR count). The van der Waals surface area contributed by atoms with Crippen molar-refractivity contribution in [2.24, 2.45) is 5.10 Å². The Bertz CT molecular complexity index is 1100. The third-order valence-electron chi connectivity index (χ3n) is 4.09. The van der Waals surface area contributed by atoms with Crippen LogP contribution in [0, 0.1) is 18.3 Å². The van der Waals surface area contributed by atoms with E-state index >= 15 is 0 Å². The zero-order valence-corrected chi connectivity index (χ0v) is 17.5. The third kappa shape index (κ3) is 5.60. The van der Waals surface area contributed by atoms with E-state index < -0.39 is 5.91 Å². The summed E-state index contributed by atoms with van der Waals surface area (Å²) in [6.07, 6.45) is 1.45. The molecule has 1 amide bonds. The summed E-state index contributed by atoms with van der Waals surface area (Å²) in [5.74, 6) is 0.0495. The molecule has 0 atom stereocenters. The van der Waals surface area contributed by atoms with Gasteiger partial charge in [-0.25, -0.2) is 10.1 Å². The summed E-state index contributed by atoms with van der Waals surface area (Å²) in [5, 5.41) is 18.2. The smallest absolute Gasteiger partial charge is 0.277 e. The fourth-order valence-corrected chi connectivity index (χ4v) is 2.97. The summed E-state index contributed by atoms with van der Waals surface area (Å²) in [7, 11) is 0. The topological polar surface area (TPSA) is 92.3 Å². The molecule has 1 aromatic heterocycles. The first-order chi connectivity index (χ1) is 14.5. The van der Waals surface area contributed by atoms with Crippen molar-refractivity contribution in [2.75, 3.05) is 6.61 Å². The van der Waals surface area contributed by atoms with Crippen molar-refractivity contribution in [3.63, 3.8) is 0 Å². The number of hydrogen-bond donors (Lipinski definition) is 1. The molecule has 0 saturated carbocycles. The number of halogens is 2. The van der Waals surface area contributed by atoms with Gasteiger partial charge < -0.3 is 4.74 Å². The second kappa shape index (κ2) is 9.92. The number of nitrogens with one attached hydrogen (secondary N) is 1. The second-order valence-electron chi connectivity index (χ2n) is 6.29. The lowest BCUT2D eigenvalue weighted by atomic mass is 10.2. The van der Waals surface area contributed by atoms with Gasteiger partial charge in [0.15, 0.2) is 6.61 Å². The molecule has 152 valence electrons. The number of carbonyl (C=O) groups excluding carboxylic acids is 1. The molecule has 0 spiro atoms. The first-order valence-electron chi connectivity index (χ1n) is 8.88. The summed E-state index contributed by atoms with van der Waals surface area (Å²) >= 11 is 12.3. The Morgan fingerprint density at radius 2 is 1.93 bits per heavy atom. The van der Waals surface area contributed by atoms with E-state index in [4.69, 9.17) is 33.2 Å². The van der Waals surface area contributed by atoms with Crippen LogP contribution in [0.5, 0.6) is 5.75 Å². The van der Waals surface area contributed by atoms with Crippen LogP contribution in [-0.2, 0) is 11.3 Å². The van der Waals surface area contributed by atoms with Gasteiger partial charge in [-0.3, -0.25) is 4.79 Å². The summed E-state index contributed by atoms with van der Waals surface area (Å²) in [4.78, 5) is 11.9. The molecule has 7 nitrogen and oxygen atoms in total. The maximum Gasteiger partial charge on any atom is 0.277 e. The van der Waals surface area contributed by atoms with Gasteiger partial charge in [0.2, 0.25) is 0 Å². The predicted molar refractivity (Wildman–Crippen MR) is 115 cm³/mol. The number of hydrazone groups is 1. The first kappa shape index (κ1) is 21.4. The van der Waals surface area contributed by atoms with Crippen LogP contribution in [0.4, 0.5) is 0 Å². The molecule has 3 aromatic rings. The van der Waals surface area contributed by atoms with E-state index in [1.807, 2.05) is 18.2 Å². The van der Waals surface area contributed by atoms with E-state index in [2.05, 4.69) is 15.6 Å². The average molecular weight is 442 g/mol. The first-order valence-corrected chi connectivity index (χ1v) is 9.64. The number of aromatic nitrogens is 2. The van der Waals surface area contributed by atoms with Gasteiger partial charge in [0.25, 0.3) is 5.91 Å². The quantitative estimate of drug-likeness (QED) is 0.443. The molecule has 0 aliphatic rings. The van der Waals surface area contributed by atoms with Gasteiger partial charge in [-0.05, 0) is 48.9 Å². The van der Waals surface area contributed by atoms with Crippen molar-refractivity contribution in [3.05, 3.63) is 81.1 Å². The molecular formula is C21H17Cl2N5O2. The van der Waals surface area contributed by atoms with Crippen molar-refractivity contribution >= 4 is 35.3 Å². The van der Waals surface area contributed by atoms with Crippen LogP contribution >= 0.6 is 23.2 Å². The van der Waals surface area contributed by atoms with Crippen molar-refractivity contribution < 1.29 is 9.53 Å². The van der Waals surface area contributed by atoms with Gasteiger partial charge in [0, 0.05) is 5.02 Å². The van der Waals surface area contributed by atoms with Gasteiger partial charge in [0.1, 0.15) is 10.9 Å². The number of nitrogens with zero attached hydrogens (tertiary/aromatic N) is 4. The maximum absolute atomic E-state index is 11.9. The van der Waals surface area contributed by atoms with E-state index in [9.17, 15) is 4.79 Å². The predicted octanol–water partition coefficient (Wildman–Crippen LogP) is 3.95. The highest BCUT2D eigenvalue weighted by Gasteiger charge is 2.12. The largest absolute Gasteiger partial charge is 0.484 e. The number of ether oxygens (including phenoxy) is 1. The molecule has 1 N–H and O–H groups in total. The van der Waals surface area contributed by atoms with Crippen LogP contribution in [0.3, 0.4) is 0 Å². The Balaban J connectivity index is 1.56. The van der Waals surface area contributed by atoms with Crippen LogP contribution in [0.25, 0.3) is 0 Å². The molecule has 30 heavy (non-hydrogen) atoms. The SMILES string of the molecule is Cc1nn(Cc2ccc(Cl)cc2)c(Cl)c1/C=N/NC(=O)COc1ccc(C#N)cc1. The van der Waals surface area contributed by atoms with E-state index in [0.717, 1.165) is 5.56 Å². The average Bonchev–Trinajstić information content (AvgIpc) is 3.01. The van der Waals surface area contributed by atoms with E-state index in [1.165, 1.54) is 6.21 Å². The Hall–Kier alpha value is -3.34. The Morgan fingerprint density at radius 3 is 2.60 bits per heavy atom. The highest BCUT2D eigenvalue weighted by molar-refractivity contribution is 6.32. The number of rotatable bonds is 7. The zero-order valence-electron chi connectivity index (χ0n) is 16.0. The summed E-state index contributed by atoms with van der Waals surface area (Å²) in [6.45, 7) is 2.07. The molecule has 0 aliphatic heterocycles. The van der Waals surface area contributed by atoms with Crippen molar-refractivity contribution in [1.82, 2.24) is 15.2 Å². The summed E-state index contributed by atoms with van der Waals surface area (Å²) in [5.41, 5.74) is 5.19. The lowest BCUT2D eigenvalue weighted by molar-refractivity contribution is -0.123. The van der Waals surface area contributed by atoms with E-state index in [0.29, 0.717) is 39.3 Å². The Kier molecular flexibility index (Phi) is 7.07. The molecule has 0 radical (unpaired) electrons.